The van der Waals surface area contributed by atoms with Gasteiger partial charge in [0.05, 0.1) is 18.8 Å². The van der Waals surface area contributed by atoms with Gasteiger partial charge in [0.2, 0.25) is 0 Å². The first-order valence-electron chi connectivity index (χ1n) is 8.67. The Morgan fingerprint density at radius 1 is 1.25 bits per heavy atom. The van der Waals surface area contributed by atoms with Crippen molar-refractivity contribution in [1.29, 1.82) is 0 Å². The number of carbonyl (C=O) groups excluding carboxylic acids is 1. The van der Waals surface area contributed by atoms with Crippen molar-refractivity contribution in [2.75, 3.05) is 33.4 Å². The molecule has 24 heavy (non-hydrogen) atoms. The summed E-state index contributed by atoms with van der Waals surface area (Å²) in [7, 11) is 1.72. The zero-order valence-electron chi connectivity index (χ0n) is 14.5. The van der Waals surface area contributed by atoms with Crippen molar-refractivity contribution in [3.63, 3.8) is 0 Å². The molecular formula is C20H25NO3. The molecule has 1 fully saturated rings. The molecule has 0 saturated carbocycles. The van der Waals surface area contributed by atoms with Crippen LogP contribution in [-0.4, -0.2) is 44.2 Å². The number of hydrogen-bond acceptors (Lipinski definition) is 3. The van der Waals surface area contributed by atoms with Crippen LogP contribution in [0, 0.1) is 5.92 Å². The van der Waals surface area contributed by atoms with E-state index in [9.17, 15) is 4.79 Å². The van der Waals surface area contributed by atoms with Gasteiger partial charge in [0, 0.05) is 20.2 Å². The first-order chi connectivity index (χ1) is 11.7. The van der Waals surface area contributed by atoms with Gasteiger partial charge < -0.3 is 14.4 Å². The zero-order chi connectivity index (χ0) is 16.9. The molecule has 1 atom stereocenters. The number of hydrogen-bond donors (Lipinski definition) is 0. The van der Waals surface area contributed by atoms with Crippen LogP contribution < -0.4 is 4.74 Å². The smallest absolute Gasteiger partial charge is 0.258 e. The van der Waals surface area contributed by atoms with E-state index in [4.69, 9.17) is 9.47 Å². The highest BCUT2D eigenvalue weighted by Crippen LogP contribution is 2.31. The van der Waals surface area contributed by atoms with Crippen molar-refractivity contribution in [2.24, 2.45) is 5.92 Å². The Labute approximate surface area is 143 Å². The Kier molecular flexibility index (Phi) is 5.36. The monoisotopic (exact) mass is 327 g/mol. The third-order valence-corrected chi connectivity index (χ3v) is 4.61. The number of carbonyl (C=O) groups is 1. The molecule has 0 bridgehead atoms. The van der Waals surface area contributed by atoms with Crippen LogP contribution >= 0.6 is 0 Å². The number of piperidine rings is 1. The second-order valence-electron chi connectivity index (χ2n) is 6.31. The second kappa shape index (κ2) is 7.67. The fraction of sp³-hybridized carbons (Fsp3) is 0.450. The van der Waals surface area contributed by atoms with Gasteiger partial charge in [-0.25, -0.2) is 0 Å². The van der Waals surface area contributed by atoms with Gasteiger partial charge in [-0.1, -0.05) is 30.3 Å². The van der Waals surface area contributed by atoms with Gasteiger partial charge in [-0.05, 0) is 42.5 Å². The Bertz CT molecular complexity index is 711. The quantitative estimate of drug-likeness (QED) is 0.840. The molecule has 128 valence electrons. The van der Waals surface area contributed by atoms with Gasteiger partial charge in [0.25, 0.3) is 5.91 Å². The van der Waals surface area contributed by atoms with E-state index >= 15 is 0 Å². The maximum atomic E-state index is 13.3. The molecule has 1 saturated heterocycles. The lowest BCUT2D eigenvalue weighted by molar-refractivity contribution is 0.0569. The van der Waals surface area contributed by atoms with Crippen molar-refractivity contribution >= 4 is 16.7 Å². The Hall–Kier alpha value is -2.07. The highest BCUT2D eigenvalue weighted by Gasteiger charge is 2.27. The summed E-state index contributed by atoms with van der Waals surface area (Å²) in [6.45, 7) is 4.75. The second-order valence-corrected chi connectivity index (χ2v) is 6.31. The number of benzene rings is 2. The fourth-order valence-electron chi connectivity index (χ4n) is 3.53. The molecule has 1 amide bonds. The fourth-order valence-corrected chi connectivity index (χ4v) is 3.53. The summed E-state index contributed by atoms with van der Waals surface area (Å²) in [5.41, 5.74) is 0.688. The number of amides is 1. The summed E-state index contributed by atoms with van der Waals surface area (Å²) in [5, 5.41) is 2.03. The standard InChI is InChI=1S/C20H25NO3/c1-3-24-18-11-10-16-8-4-5-9-17(16)19(18)20(22)21-12-6-7-15(13-21)14-23-2/h4-5,8-11,15H,3,6-7,12-14H2,1-2H3. The van der Waals surface area contributed by atoms with Gasteiger partial charge in [0.15, 0.2) is 0 Å². The van der Waals surface area contributed by atoms with E-state index in [0.717, 1.165) is 36.7 Å². The first kappa shape index (κ1) is 16.8. The summed E-state index contributed by atoms with van der Waals surface area (Å²) < 4.78 is 11.0. The van der Waals surface area contributed by atoms with Crippen LogP contribution in [0.5, 0.6) is 5.75 Å². The van der Waals surface area contributed by atoms with E-state index in [1.165, 1.54) is 0 Å². The minimum absolute atomic E-state index is 0.0658. The summed E-state index contributed by atoms with van der Waals surface area (Å²) in [6.07, 6.45) is 2.14. The van der Waals surface area contributed by atoms with Crippen LogP contribution in [0.4, 0.5) is 0 Å². The molecule has 0 aliphatic carbocycles. The van der Waals surface area contributed by atoms with Gasteiger partial charge in [0.1, 0.15) is 5.75 Å². The molecule has 1 aliphatic heterocycles. The van der Waals surface area contributed by atoms with Crippen LogP contribution in [0.25, 0.3) is 10.8 Å². The summed E-state index contributed by atoms with van der Waals surface area (Å²) in [6, 6.07) is 11.9. The van der Waals surface area contributed by atoms with E-state index in [2.05, 4.69) is 0 Å². The molecule has 1 aliphatic rings. The maximum absolute atomic E-state index is 13.3. The van der Waals surface area contributed by atoms with E-state index in [0.29, 0.717) is 30.4 Å². The van der Waals surface area contributed by atoms with Crippen LogP contribution in [0.1, 0.15) is 30.1 Å². The van der Waals surface area contributed by atoms with Crippen LogP contribution in [-0.2, 0) is 4.74 Å². The molecule has 1 heterocycles. The minimum atomic E-state index is 0.0658. The third-order valence-electron chi connectivity index (χ3n) is 4.61. The predicted molar refractivity (Wildman–Crippen MR) is 95.6 cm³/mol. The van der Waals surface area contributed by atoms with E-state index in [-0.39, 0.29) is 5.91 Å². The van der Waals surface area contributed by atoms with Crippen LogP contribution in [0.15, 0.2) is 36.4 Å². The molecule has 1 unspecified atom stereocenters. The molecule has 0 spiro atoms. The molecule has 4 nitrogen and oxygen atoms in total. The summed E-state index contributed by atoms with van der Waals surface area (Å²) in [4.78, 5) is 15.2. The average molecular weight is 327 g/mol. The number of rotatable bonds is 5. The molecule has 0 N–H and O–H groups in total. The maximum Gasteiger partial charge on any atom is 0.258 e. The average Bonchev–Trinajstić information content (AvgIpc) is 2.62. The summed E-state index contributed by atoms with van der Waals surface area (Å²) >= 11 is 0. The number of fused-ring (bicyclic) bond motifs is 1. The molecule has 2 aromatic rings. The third kappa shape index (κ3) is 3.39. The number of methoxy groups -OCH3 is 1. The van der Waals surface area contributed by atoms with Gasteiger partial charge in [-0.15, -0.1) is 0 Å². The van der Waals surface area contributed by atoms with Gasteiger partial charge in [-0.2, -0.15) is 0 Å². The first-order valence-corrected chi connectivity index (χ1v) is 8.67. The molecule has 0 radical (unpaired) electrons. The largest absolute Gasteiger partial charge is 0.493 e. The molecule has 4 heteroatoms. The molecule has 3 rings (SSSR count). The lowest BCUT2D eigenvalue weighted by atomic mass is 9.96. The number of ether oxygens (including phenoxy) is 2. The van der Waals surface area contributed by atoms with Crippen molar-refractivity contribution in [3.8, 4) is 5.75 Å². The van der Waals surface area contributed by atoms with E-state index in [1.807, 2.05) is 48.2 Å². The number of likely N-dealkylation sites (tertiary alicyclic amines) is 1. The Morgan fingerprint density at radius 2 is 2.08 bits per heavy atom. The van der Waals surface area contributed by atoms with Crippen molar-refractivity contribution < 1.29 is 14.3 Å². The lowest BCUT2D eigenvalue weighted by Gasteiger charge is -2.33. The highest BCUT2D eigenvalue weighted by molar-refractivity contribution is 6.09. The normalized spacial score (nSPS) is 17.9. The van der Waals surface area contributed by atoms with Gasteiger partial charge in [-0.3, -0.25) is 4.79 Å². The Balaban J connectivity index is 1.97. The van der Waals surface area contributed by atoms with Crippen molar-refractivity contribution in [1.82, 2.24) is 4.90 Å². The molecule has 2 aromatic carbocycles. The SMILES string of the molecule is CCOc1ccc2ccccc2c1C(=O)N1CCCC(COC)C1. The highest BCUT2D eigenvalue weighted by atomic mass is 16.5. The number of nitrogens with zero attached hydrogens (tertiary/aromatic N) is 1. The zero-order valence-corrected chi connectivity index (χ0v) is 14.5. The summed E-state index contributed by atoms with van der Waals surface area (Å²) in [5.74, 6) is 1.16. The molecular weight excluding hydrogens is 302 g/mol. The van der Waals surface area contributed by atoms with Crippen LogP contribution in [0.2, 0.25) is 0 Å². The Morgan fingerprint density at radius 3 is 2.88 bits per heavy atom. The molecule has 0 aromatic heterocycles. The van der Waals surface area contributed by atoms with Crippen molar-refractivity contribution in [3.05, 3.63) is 42.0 Å². The predicted octanol–water partition coefficient (Wildman–Crippen LogP) is 3.74. The topological polar surface area (TPSA) is 38.8 Å². The van der Waals surface area contributed by atoms with Crippen LogP contribution in [0.3, 0.4) is 0 Å². The van der Waals surface area contributed by atoms with E-state index in [1.54, 1.807) is 7.11 Å². The van der Waals surface area contributed by atoms with E-state index < -0.39 is 0 Å². The van der Waals surface area contributed by atoms with Gasteiger partial charge >= 0.3 is 0 Å². The van der Waals surface area contributed by atoms with Crippen molar-refractivity contribution in [2.45, 2.75) is 19.8 Å². The minimum Gasteiger partial charge on any atom is -0.493 e. The lowest BCUT2D eigenvalue weighted by Crippen LogP contribution is -2.41.